The maximum atomic E-state index is 12.4. The predicted octanol–water partition coefficient (Wildman–Crippen LogP) is 2.82. The number of anilines is 1. The molecule has 0 spiro atoms. The molecular weight excluding hydrogens is 372 g/mol. The van der Waals surface area contributed by atoms with Crippen LogP contribution in [0.1, 0.15) is 29.6 Å². The lowest BCUT2D eigenvalue weighted by atomic mass is 10.0. The van der Waals surface area contributed by atoms with Gasteiger partial charge in [0, 0.05) is 43.7 Å². The average molecular weight is 396 g/mol. The highest BCUT2D eigenvalue weighted by Crippen LogP contribution is 2.23. The maximum Gasteiger partial charge on any atom is 0.292 e. The minimum atomic E-state index is -0.446. The summed E-state index contributed by atoms with van der Waals surface area (Å²) in [6.07, 6.45) is 1.68. The number of hydrogen-bond donors (Lipinski definition) is 2. The second-order valence-corrected chi connectivity index (χ2v) is 6.95. The third-order valence-corrected chi connectivity index (χ3v) is 4.97. The van der Waals surface area contributed by atoms with E-state index in [1.807, 2.05) is 18.2 Å². The molecule has 3 rings (SSSR count). The van der Waals surface area contributed by atoms with Gasteiger partial charge in [-0.05, 0) is 31.0 Å². The van der Waals surface area contributed by atoms with E-state index in [1.165, 1.54) is 6.07 Å². The molecular formula is C21H24N4O4. The van der Waals surface area contributed by atoms with Crippen LogP contribution in [0, 0.1) is 10.1 Å². The lowest BCUT2D eigenvalue weighted by molar-refractivity contribution is -0.384. The van der Waals surface area contributed by atoms with Crippen molar-refractivity contribution in [1.82, 2.24) is 10.2 Å². The van der Waals surface area contributed by atoms with Crippen LogP contribution in [0.4, 0.5) is 11.4 Å². The lowest BCUT2D eigenvalue weighted by Crippen LogP contribution is -2.46. The molecule has 0 radical (unpaired) electrons. The Labute approximate surface area is 169 Å². The number of para-hydroxylation sites is 2. The number of nitro groups is 1. The predicted molar refractivity (Wildman–Crippen MR) is 110 cm³/mol. The molecule has 29 heavy (non-hydrogen) atoms. The summed E-state index contributed by atoms with van der Waals surface area (Å²) in [4.78, 5) is 37.0. The molecule has 2 amide bonds. The number of carbonyl (C=O) groups excluding carboxylic acids is 2. The number of likely N-dealkylation sites (tertiary alicyclic amines) is 1. The topological polar surface area (TPSA) is 105 Å². The minimum Gasteiger partial charge on any atom is -0.379 e. The molecule has 152 valence electrons. The van der Waals surface area contributed by atoms with Gasteiger partial charge in [-0.15, -0.1) is 0 Å². The molecule has 1 aliphatic heterocycles. The number of nitro benzene ring substituents is 1. The Kier molecular flexibility index (Phi) is 6.78. The first-order valence-corrected chi connectivity index (χ1v) is 9.65. The fourth-order valence-corrected chi connectivity index (χ4v) is 3.38. The van der Waals surface area contributed by atoms with Crippen molar-refractivity contribution in [1.29, 1.82) is 0 Å². The molecule has 0 aliphatic carbocycles. The van der Waals surface area contributed by atoms with Gasteiger partial charge in [0.1, 0.15) is 5.69 Å². The van der Waals surface area contributed by atoms with Crippen molar-refractivity contribution in [3.05, 3.63) is 70.3 Å². The number of hydrogen-bond acceptors (Lipinski definition) is 5. The lowest BCUT2D eigenvalue weighted by Gasteiger charge is -2.32. The van der Waals surface area contributed by atoms with Crippen molar-refractivity contribution in [2.75, 3.05) is 25.0 Å². The monoisotopic (exact) mass is 396 g/mol. The van der Waals surface area contributed by atoms with Crippen LogP contribution in [0.15, 0.2) is 54.6 Å². The highest BCUT2D eigenvalue weighted by atomic mass is 16.6. The van der Waals surface area contributed by atoms with Crippen LogP contribution in [0.5, 0.6) is 0 Å². The molecule has 1 aliphatic rings. The first-order chi connectivity index (χ1) is 14.0. The number of carbonyl (C=O) groups is 2. The number of nitrogens with one attached hydrogen (secondary N) is 2. The van der Waals surface area contributed by atoms with Gasteiger partial charge in [0.05, 0.1) is 4.92 Å². The molecule has 1 saturated heterocycles. The zero-order valence-corrected chi connectivity index (χ0v) is 16.0. The molecule has 0 atom stereocenters. The van der Waals surface area contributed by atoms with E-state index in [1.54, 1.807) is 35.2 Å². The van der Waals surface area contributed by atoms with Crippen LogP contribution >= 0.6 is 0 Å². The van der Waals surface area contributed by atoms with Crippen molar-refractivity contribution in [3.8, 4) is 0 Å². The van der Waals surface area contributed by atoms with Gasteiger partial charge in [0.25, 0.3) is 11.6 Å². The summed E-state index contributed by atoms with van der Waals surface area (Å²) in [5.74, 6) is -0.0899. The third-order valence-electron chi connectivity index (χ3n) is 4.97. The van der Waals surface area contributed by atoms with E-state index < -0.39 is 4.92 Å². The first kappa shape index (κ1) is 20.3. The second-order valence-electron chi connectivity index (χ2n) is 6.95. The Morgan fingerprint density at radius 1 is 1.03 bits per heavy atom. The fourth-order valence-electron chi connectivity index (χ4n) is 3.38. The van der Waals surface area contributed by atoms with Gasteiger partial charge in [-0.25, -0.2) is 0 Å². The Bertz CT molecular complexity index is 864. The first-order valence-electron chi connectivity index (χ1n) is 9.65. The van der Waals surface area contributed by atoms with E-state index in [4.69, 9.17) is 0 Å². The smallest absolute Gasteiger partial charge is 0.292 e. The summed E-state index contributed by atoms with van der Waals surface area (Å²) in [6, 6.07) is 15.5. The SMILES string of the molecule is O=C(NC1CCN(C(=O)CCNc2ccccc2[N+](=O)[O-])CC1)c1ccccc1. The molecule has 1 heterocycles. The molecule has 8 heteroatoms. The van der Waals surface area contributed by atoms with Crippen molar-refractivity contribution in [2.24, 2.45) is 0 Å². The summed E-state index contributed by atoms with van der Waals surface area (Å²) in [5.41, 5.74) is 1.04. The highest BCUT2D eigenvalue weighted by molar-refractivity contribution is 5.94. The molecule has 2 aromatic carbocycles. The van der Waals surface area contributed by atoms with E-state index in [9.17, 15) is 19.7 Å². The van der Waals surface area contributed by atoms with Crippen LogP contribution in [0.3, 0.4) is 0 Å². The molecule has 0 bridgehead atoms. The van der Waals surface area contributed by atoms with Gasteiger partial charge in [0.2, 0.25) is 5.91 Å². The fraction of sp³-hybridized carbons (Fsp3) is 0.333. The van der Waals surface area contributed by atoms with Crippen molar-refractivity contribution < 1.29 is 14.5 Å². The normalized spacial score (nSPS) is 14.3. The number of nitrogens with zero attached hydrogens (tertiary/aromatic N) is 2. The number of rotatable bonds is 7. The standard InChI is InChI=1S/C21H24N4O4/c26-20(10-13-22-18-8-4-5-9-19(18)25(28)29)24-14-11-17(12-15-24)23-21(27)16-6-2-1-3-7-16/h1-9,17,22H,10-15H2,(H,23,27). The number of amides is 2. The molecule has 1 fully saturated rings. The van der Waals surface area contributed by atoms with Crippen LogP contribution in [-0.4, -0.2) is 47.3 Å². The van der Waals surface area contributed by atoms with E-state index in [2.05, 4.69) is 10.6 Å². The van der Waals surface area contributed by atoms with Gasteiger partial charge < -0.3 is 15.5 Å². The van der Waals surface area contributed by atoms with Gasteiger partial charge in [-0.1, -0.05) is 30.3 Å². The van der Waals surface area contributed by atoms with Crippen LogP contribution < -0.4 is 10.6 Å². The van der Waals surface area contributed by atoms with Gasteiger partial charge in [-0.2, -0.15) is 0 Å². The minimum absolute atomic E-state index is 0.00363. The van der Waals surface area contributed by atoms with E-state index >= 15 is 0 Å². The van der Waals surface area contributed by atoms with Gasteiger partial charge in [0.15, 0.2) is 0 Å². The van der Waals surface area contributed by atoms with Gasteiger partial charge in [-0.3, -0.25) is 19.7 Å². The maximum absolute atomic E-state index is 12.4. The summed E-state index contributed by atoms with van der Waals surface area (Å²) in [7, 11) is 0. The molecule has 0 unspecified atom stereocenters. The summed E-state index contributed by atoms with van der Waals surface area (Å²) >= 11 is 0. The Hall–Kier alpha value is -3.42. The molecule has 8 nitrogen and oxygen atoms in total. The zero-order chi connectivity index (χ0) is 20.6. The third kappa shape index (κ3) is 5.54. The number of benzene rings is 2. The average Bonchev–Trinajstić information content (AvgIpc) is 2.75. The molecule has 0 aromatic heterocycles. The Balaban J connectivity index is 1.41. The molecule has 0 saturated carbocycles. The van der Waals surface area contributed by atoms with Crippen molar-refractivity contribution >= 4 is 23.2 Å². The second kappa shape index (κ2) is 9.68. The zero-order valence-electron chi connectivity index (χ0n) is 16.0. The van der Waals surface area contributed by atoms with Crippen LogP contribution in [0.25, 0.3) is 0 Å². The molecule has 2 N–H and O–H groups in total. The van der Waals surface area contributed by atoms with E-state index in [0.717, 1.165) is 0 Å². The van der Waals surface area contributed by atoms with Crippen molar-refractivity contribution in [2.45, 2.75) is 25.3 Å². The van der Waals surface area contributed by atoms with E-state index in [0.29, 0.717) is 43.7 Å². The molecule has 2 aromatic rings. The largest absolute Gasteiger partial charge is 0.379 e. The Morgan fingerprint density at radius 3 is 2.38 bits per heavy atom. The quantitative estimate of drug-likeness (QED) is 0.553. The summed E-state index contributed by atoms with van der Waals surface area (Å²) < 4.78 is 0. The highest BCUT2D eigenvalue weighted by Gasteiger charge is 2.24. The van der Waals surface area contributed by atoms with Crippen LogP contribution in [0.2, 0.25) is 0 Å². The summed E-state index contributed by atoms with van der Waals surface area (Å²) in [6.45, 7) is 1.50. The van der Waals surface area contributed by atoms with E-state index in [-0.39, 0.29) is 30.0 Å². The van der Waals surface area contributed by atoms with Gasteiger partial charge >= 0.3 is 0 Å². The van der Waals surface area contributed by atoms with Crippen LogP contribution in [-0.2, 0) is 4.79 Å². The number of piperidine rings is 1. The van der Waals surface area contributed by atoms with Crippen molar-refractivity contribution in [3.63, 3.8) is 0 Å². The Morgan fingerprint density at radius 2 is 1.69 bits per heavy atom. The summed E-state index contributed by atoms with van der Waals surface area (Å²) in [5, 5.41) is 17.0.